The van der Waals surface area contributed by atoms with Crippen LogP contribution in [0.5, 0.6) is 0 Å². The van der Waals surface area contributed by atoms with Gasteiger partial charge in [0, 0.05) is 67.0 Å². The highest BCUT2D eigenvalue weighted by atomic mass is 15.0. The molecule has 9 aromatic rings. The Morgan fingerprint density at radius 2 is 1.15 bits per heavy atom. The maximum atomic E-state index is 5.22. The van der Waals surface area contributed by atoms with Crippen LogP contribution < -0.4 is 10.6 Å². The number of benzene rings is 6. The molecule has 4 heteroatoms. The quantitative estimate of drug-likeness (QED) is 0.161. The number of rotatable bonds is 7. The van der Waals surface area contributed by atoms with Crippen LogP contribution in [0.1, 0.15) is 11.3 Å². The Kier molecular flexibility index (Phi) is 8.26. The Bertz CT molecular complexity index is 3490. The molecule has 0 aliphatic heterocycles. The summed E-state index contributed by atoms with van der Waals surface area (Å²) in [4.78, 5) is 10.3. The lowest BCUT2D eigenvalue weighted by Gasteiger charge is -2.38. The normalized spacial score (nSPS) is 16.3. The lowest BCUT2D eigenvalue weighted by Crippen LogP contribution is -2.43. The van der Waals surface area contributed by atoms with Gasteiger partial charge in [-0.25, -0.2) is 9.97 Å². The van der Waals surface area contributed by atoms with Gasteiger partial charge in [-0.05, 0) is 59.2 Å². The van der Waals surface area contributed by atoms with Crippen LogP contribution in [0.4, 0.5) is 0 Å². The van der Waals surface area contributed by atoms with Crippen molar-refractivity contribution in [2.75, 3.05) is 0 Å². The van der Waals surface area contributed by atoms with E-state index in [1.54, 1.807) is 0 Å². The number of fused-ring (bicyclic) bond motifs is 10. The van der Waals surface area contributed by atoms with Crippen molar-refractivity contribution in [1.29, 1.82) is 0 Å². The van der Waals surface area contributed by atoms with Gasteiger partial charge in [0.2, 0.25) is 0 Å². The van der Waals surface area contributed by atoms with Gasteiger partial charge in [0.25, 0.3) is 0 Å². The van der Waals surface area contributed by atoms with Crippen molar-refractivity contribution in [3.63, 3.8) is 0 Å². The molecule has 0 N–H and O–H groups in total. The van der Waals surface area contributed by atoms with Crippen LogP contribution in [0.2, 0.25) is 0 Å². The Morgan fingerprint density at radius 1 is 0.532 bits per heavy atom. The van der Waals surface area contributed by atoms with Gasteiger partial charge in [-0.2, -0.15) is 0 Å². The predicted octanol–water partition coefficient (Wildman–Crippen LogP) is 12.2. The van der Waals surface area contributed by atoms with E-state index in [0.717, 1.165) is 56.2 Å². The molecular formula is C58H40N4. The molecule has 0 saturated heterocycles. The molecule has 0 bridgehead atoms. The average Bonchev–Trinajstić information content (AvgIpc) is 3.88. The molecule has 0 amide bonds. The molecule has 12 rings (SSSR count). The minimum Gasteiger partial charge on any atom is -0.309 e. The van der Waals surface area contributed by atoms with Crippen molar-refractivity contribution in [3.8, 4) is 45.3 Å². The summed E-state index contributed by atoms with van der Waals surface area (Å²) in [7, 11) is 0. The first-order chi connectivity index (χ1) is 30.7. The van der Waals surface area contributed by atoms with E-state index in [-0.39, 0.29) is 11.8 Å². The molecule has 62 heavy (non-hydrogen) atoms. The topological polar surface area (TPSA) is 35.6 Å². The molecule has 3 heterocycles. The van der Waals surface area contributed by atoms with Crippen molar-refractivity contribution in [2.24, 2.45) is 11.8 Å². The van der Waals surface area contributed by atoms with Crippen molar-refractivity contribution in [2.45, 2.75) is 0 Å². The maximum Gasteiger partial charge on any atom is 0.160 e. The smallest absolute Gasteiger partial charge is 0.160 e. The van der Waals surface area contributed by atoms with Crippen molar-refractivity contribution in [3.05, 3.63) is 247 Å². The molecule has 0 fully saturated rings. The second-order valence-corrected chi connectivity index (χ2v) is 16.1. The highest BCUT2D eigenvalue weighted by Gasteiger charge is 2.42. The zero-order valence-corrected chi connectivity index (χ0v) is 34.0. The number of nitrogens with zero attached hydrogens (tertiary/aromatic N) is 4. The molecule has 0 radical (unpaired) electrons. The second-order valence-electron chi connectivity index (χ2n) is 16.1. The van der Waals surface area contributed by atoms with Crippen LogP contribution in [0, 0.1) is 11.8 Å². The second kappa shape index (κ2) is 14.3. The number of allylic oxidation sites excluding steroid dienone is 8. The third-order valence-electron chi connectivity index (χ3n) is 12.9. The fourth-order valence-corrected chi connectivity index (χ4v) is 10.3. The van der Waals surface area contributed by atoms with Crippen LogP contribution in [0.3, 0.4) is 0 Å². The fraction of sp³-hybridized carbons (Fsp3) is 0.0345. The third-order valence-corrected chi connectivity index (χ3v) is 12.9. The minimum absolute atomic E-state index is 0.0196. The van der Waals surface area contributed by atoms with Crippen LogP contribution >= 0.6 is 0 Å². The number of hydrogen-bond acceptors (Lipinski definition) is 2. The third kappa shape index (κ3) is 5.33. The van der Waals surface area contributed by atoms with Crippen LogP contribution in [-0.2, 0) is 0 Å². The van der Waals surface area contributed by atoms with Gasteiger partial charge in [-0.1, -0.05) is 177 Å². The van der Waals surface area contributed by atoms with Crippen LogP contribution in [0.25, 0.3) is 83.8 Å². The summed E-state index contributed by atoms with van der Waals surface area (Å²) in [5.74, 6) is 0.800. The highest BCUT2D eigenvalue weighted by Crippen LogP contribution is 2.53. The molecule has 2 atom stereocenters. The van der Waals surface area contributed by atoms with Gasteiger partial charge in [-0.15, -0.1) is 0 Å². The van der Waals surface area contributed by atoms with Crippen LogP contribution in [0.15, 0.2) is 225 Å². The minimum atomic E-state index is 0.0196. The summed E-state index contributed by atoms with van der Waals surface area (Å²) >= 11 is 0. The maximum absolute atomic E-state index is 5.22. The highest BCUT2D eigenvalue weighted by molar-refractivity contribution is 6.08. The molecular weight excluding hydrogens is 753 g/mol. The van der Waals surface area contributed by atoms with E-state index in [2.05, 4.69) is 204 Å². The first kappa shape index (κ1) is 35.8. The standard InChI is InChI=1S/C58H40N4/c1-3-42-43(4-2)56-53(55-52(42)44-29-14-15-30-45(44)57-54(55)46-31-16-18-33-50(46)61(57)40-26-12-7-13-27-40)47-32-17-19-34-51(47)62(56)41-28-20-25-39(35-41)49-36-48(37-21-8-5-9-22-37)59-58(60-49)38-23-10-6-11-24-38/h3-36,44,52H,1-2H2. The van der Waals surface area contributed by atoms with Gasteiger partial charge in [-0.3, -0.25) is 0 Å². The molecule has 0 spiro atoms. The molecule has 3 aliphatic rings. The van der Waals surface area contributed by atoms with Gasteiger partial charge in [0.05, 0.1) is 33.5 Å². The summed E-state index contributed by atoms with van der Waals surface area (Å²) in [5, 5.41) is 4.97. The Labute approximate surface area is 360 Å². The summed E-state index contributed by atoms with van der Waals surface area (Å²) in [6.45, 7) is 9.05. The predicted molar refractivity (Wildman–Crippen MR) is 256 cm³/mol. The first-order valence-electron chi connectivity index (χ1n) is 21.2. The number of hydrogen-bond donors (Lipinski definition) is 0. The zero-order chi connectivity index (χ0) is 41.3. The van der Waals surface area contributed by atoms with Crippen LogP contribution in [-0.4, -0.2) is 19.1 Å². The summed E-state index contributed by atoms with van der Waals surface area (Å²) in [5.41, 5.74) is 16.6. The fourth-order valence-electron chi connectivity index (χ4n) is 10.3. The summed E-state index contributed by atoms with van der Waals surface area (Å²) in [6, 6.07) is 60.1. The first-order valence-corrected chi connectivity index (χ1v) is 21.2. The zero-order valence-electron chi connectivity index (χ0n) is 34.0. The SMILES string of the molecule is C=CC1=C(C=C)C2C(=c3c(n(-c4ccccc4)c4ccccc34)=C3C=CC=CC32)c2c1n(-c1cccc(-c3cc(-c4ccccc4)nc(-c4ccccc4)n3)c1)c1ccccc21. The van der Waals surface area contributed by atoms with Gasteiger partial charge in [0.1, 0.15) is 0 Å². The van der Waals surface area contributed by atoms with Gasteiger partial charge < -0.3 is 9.13 Å². The molecule has 6 aromatic carbocycles. The average molecular weight is 793 g/mol. The monoisotopic (exact) mass is 792 g/mol. The number of para-hydroxylation sites is 3. The van der Waals surface area contributed by atoms with E-state index in [1.807, 2.05) is 24.3 Å². The van der Waals surface area contributed by atoms with E-state index in [1.165, 1.54) is 49.1 Å². The Hall–Kier alpha value is -8.08. The molecule has 4 nitrogen and oxygen atoms in total. The largest absolute Gasteiger partial charge is 0.309 e. The lowest BCUT2D eigenvalue weighted by atomic mass is 9.65. The molecule has 0 saturated carbocycles. The van der Waals surface area contributed by atoms with Gasteiger partial charge >= 0.3 is 0 Å². The summed E-state index contributed by atoms with van der Waals surface area (Å²) < 4.78 is 4.93. The summed E-state index contributed by atoms with van der Waals surface area (Å²) in [6.07, 6.45) is 13.3. The molecule has 2 unspecified atom stereocenters. The molecule has 292 valence electrons. The van der Waals surface area contributed by atoms with E-state index in [0.29, 0.717) is 5.82 Å². The van der Waals surface area contributed by atoms with Crippen molar-refractivity contribution < 1.29 is 0 Å². The molecule has 3 aromatic heterocycles. The Balaban J connectivity index is 1.18. The van der Waals surface area contributed by atoms with E-state index in [4.69, 9.17) is 9.97 Å². The van der Waals surface area contributed by atoms with E-state index < -0.39 is 0 Å². The van der Waals surface area contributed by atoms with E-state index >= 15 is 0 Å². The Morgan fingerprint density at radius 3 is 1.87 bits per heavy atom. The van der Waals surface area contributed by atoms with Gasteiger partial charge in [0.15, 0.2) is 5.82 Å². The lowest BCUT2D eigenvalue weighted by molar-refractivity contribution is 0.664. The number of aromatic nitrogens is 4. The van der Waals surface area contributed by atoms with Crippen molar-refractivity contribution >= 4 is 38.5 Å². The van der Waals surface area contributed by atoms with E-state index in [9.17, 15) is 0 Å². The van der Waals surface area contributed by atoms with Crippen molar-refractivity contribution in [1.82, 2.24) is 19.1 Å². The molecule has 3 aliphatic carbocycles.